The summed E-state index contributed by atoms with van der Waals surface area (Å²) in [4.78, 5) is 13.8. The van der Waals surface area contributed by atoms with Crippen molar-refractivity contribution in [1.82, 2.24) is 10.1 Å². The third-order valence-corrected chi connectivity index (χ3v) is 2.46. The molecule has 1 heterocycles. The Morgan fingerprint density at radius 3 is 2.95 bits per heavy atom. The van der Waals surface area contributed by atoms with Crippen molar-refractivity contribution >= 4 is 5.69 Å². The third-order valence-electron chi connectivity index (χ3n) is 2.46. The maximum atomic E-state index is 13.4. The van der Waals surface area contributed by atoms with Crippen LogP contribution in [0.3, 0.4) is 0 Å². The molecular formula is C12H12FN3O4. The SMILES string of the molecule is CCCc1nc(COc2ccc([N+](=O)[O-])c(F)c2)no1. The van der Waals surface area contributed by atoms with Crippen molar-refractivity contribution < 1.29 is 18.6 Å². The van der Waals surface area contributed by atoms with Crippen LogP contribution >= 0.6 is 0 Å². The first-order chi connectivity index (χ1) is 9.60. The van der Waals surface area contributed by atoms with E-state index in [1.54, 1.807) is 0 Å². The van der Waals surface area contributed by atoms with Crippen molar-refractivity contribution in [2.45, 2.75) is 26.4 Å². The molecule has 0 saturated heterocycles. The minimum atomic E-state index is -0.952. The maximum absolute atomic E-state index is 13.4. The third kappa shape index (κ3) is 3.28. The Morgan fingerprint density at radius 2 is 2.30 bits per heavy atom. The first kappa shape index (κ1) is 13.9. The summed E-state index contributed by atoms with van der Waals surface area (Å²) in [6, 6.07) is 3.31. The Morgan fingerprint density at radius 1 is 1.50 bits per heavy atom. The summed E-state index contributed by atoms with van der Waals surface area (Å²) in [6.45, 7) is 1.99. The number of rotatable bonds is 6. The molecule has 0 saturated carbocycles. The molecule has 0 N–H and O–H groups in total. The molecule has 0 unspecified atom stereocenters. The van der Waals surface area contributed by atoms with E-state index < -0.39 is 16.4 Å². The molecule has 0 bridgehead atoms. The lowest BCUT2D eigenvalue weighted by atomic mass is 10.3. The van der Waals surface area contributed by atoms with Gasteiger partial charge in [0.2, 0.25) is 17.5 Å². The number of nitro benzene ring substituents is 1. The van der Waals surface area contributed by atoms with Crippen LogP contribution in [0.2, 0.25) is 0 Å². The van der Waals surface area contributed by atoms with E-state index in [2.05, 4.69) is 10.1 Å². The highest BCUT2D eigenvalue weighted by molar-refractivity contribution is 5.37. The fourth-order valence-electron chi connectivity index (χ4n) is 1.54. The lowest BCUT2D eigenvalue weighted by Crippen LogP contribution is -1.99. The Hall–Kier alpha value is -2.51. The summed E-state index contributed by atoms with van der Waals surface area (Å²) in [5.41, 5.74) is -0.595. The molecule has 0 radical (unpaired) electrons. The van der Waals surface area contributed by atoms with Gasteiger partial charge in [0.1, 0.15) is 5.75 Å². The number of benzene rings is 1. The Bertz CT molecular complexity index is 614. The lowest BCUT2D eigenvalue weighted by Gasteiger charge is -2.03. The quantitative estimate of drug-likeness (QED) is 0.597. The molecule has 0 aliphatic heterocycles. The molecule has 0 amide bonds. The van der Waals surface area contributed by atoms with Gasteiger partial charge in [-0.25, -0.2) is 0 Å². The largest absolute Gasteiger partial charge is 0.485 e. The molecule has 106 valence electrons. The van der Waals surface area contributed by atoms with Crippen LogP contribution in [0.15, 0.2) is 22.7 Å². The van der Waals surface area contributed by atoms with E-state index in [0.717, 1.165) is 18.6 Å². The summed E-state index contributed by atoms with van der Waals surface area (Å²) in [5, 5.41) is 14.2. The molecule has 0 aliphatic rings. The minimum absolute atomic E-state index is 0.00443. The molecule has 0 aliphatic carbocycles. The molecule has 1 aromatic carbocycles. The van der Waals surface area contributed by atoms with Crippen LogP contribution in [0.25, 0.3) is 0 Å². The van der Waals surface area contributed by atoms with E-state index in [4.69, 9.17) is 9.26 Å². The number of aromatic nitrogens is 2. The van der Waals surface area contributed by atoms with E-state index in [0.29, 0.717) is 18.1 Å². The van der Waals surface area contributed by atoms with Gasteiger partial charge >= 0.3 is 5.69 Å². The average molecular weight is 281 g/mol. The van der Waals surface area contributed by atoms with Crippen molar-refractivity contribution in [3.63, 3.8) is 0 Å². The van der Waals surface area contributed by atoms with Gasteiger partial charge in [-0.1, -0.05) is 12.1 Å². The molecule has 1 aromatic heterocycles. The normalized spacial score (nSPS) is 10.5. The van der Waals surface area contributed by atoms with Crippen LogP contribution in [0.5, 0.6) is 5.75 Å². The highest BCUT2D eigenvalue weighted by Crippen LogP contribution is 2.22. The fraction of sp³-hybridized carbons (Fsp3) is 0.333. The first-order valence-electron chi connectivity index (χ1n) is 5.98. The summed E-state index contributed by atoms with van der Waals surface area (Å²) in [6.07, 6.45) is 1.56. The highest BCUT2D eigenvalue weighted by atomic mass is 19.1. The van der Waals surface area contributed by atoms with Crippen molar-refractivity contribution in [3.05, 3.63) is 45.8 Å². The molecule has 2 rings (SSSR count). The lowest BCUT2D eigenvalue weighted by molar-refractivity contribution is -0.387. The zero-order chi connectivity index (χ0) is 14.5. The maximum Gasteiger partial charge on any atom is 0.305 e. The van der Waals surface area contributed by atoms with E-state index in [1.807, 2.05) is 6.92 Å². The molecule has 7 nitrogen and oxygen atoms in total. The summed E-state index contributed by atoms with van der Waals surface area (Å²) in [5.74, 6) is 0.0652. The highest BCUT2D eigenvalue weighted by Gasteiger charge is 2.14. The monoisotopic (exact) mass is 281 g/mol. The van der Waals surface area contributed by atoms with Crippen LogP contribution in [-0.2, 0) is 13.0 Å². The van der Waals surface area contributed by atoms with Gasteiger partial charge in [-0.3, -0.25) is 10.1 Å². The number of nitrogens with zero attached hydrogens (tertiary/aromatic N) is 3. The van der Waals surface area contributed by atoms with Crippen molar-refractivity contribution in [2.75, 3.05) is 0 Å². The number of hydrogen-bond acceptors (Lipinski definition) is 6. The van der Waals surface area contributed by atoms with E-state index >= 15 is 0 Å². The van der Waals surface area contributed by atoms with Gasteiger partial charge in [0.15, 0.2) is 6.61 Å². The van der Waals surface area contributed by atoms with Crippen molar-refractivity contribution in [2.24, 2.45) is 0 Å². The van der Waals surface area contributed by atoms with Crippen LogP contribution in [0.1, 0.15) is 25.1 Å². The molecule has 20 heavy (non-hydrogen) atoms. The van der Waals surface area contributed by atoms with Gasteiger partial charge < -0.3 is 9.26 Å². The number of aryl methyl sites for hydroxylation is 1. The second kappa shape index (κ2) is 6.09. The Balaban J connectivity index is 1.99. The summed E-state index contributed by atoms with van der Waals surface area (Å²) < 4.78 is 23.6. The van der Waals surface area contributed by atoms with Crippen molar-refractivity contribution in [1.29, 1.82) is 0 Å². The average Bonchev–Trinajstić information content (AvgIpc) is 2.84. The number of halogens is 1. The number of hydrogen-bond donors (Lipinski definition) is 0. The van der Waals surface area contributed by atoms with Crippen LogP contribution in [-0.4, -0.2) is 15.1 Å². The molecule has 8 heteroatoms. The number of ether oxygens (including phenoxy) is 1. The summed E-state index contributed by atoms with van der Waals surface area (Å²) in [7, 11) is 0. The molecular weight excluding hydrogens is 269 g/mol. The smallest absolute Gasteiger partial charge is 0.305 e. The van der Waals surface area contributed by atoms with Gasteiger partial charge in [0.25, 0.3) is 0 Å². The van der Waals surface area contributed by atoms with Crippen LogP contribution in [0.4, 0.5) is 10.1 Å². The Kier molecular flexibility index (Phi) is 4.24. The standard InChI is InChI=1S/C12H12FN3O4/c1-2-3-12-14-11(15-20-12)7-19-8-4-5-10(16(17)18)9(13)6-8/h4-6H,2-3,7H2,1H3. The predicted octanol–water partition coefficient (Wildman–Crippen LogP) is 2.65. The fourth-order valence-corrected chi connectivity index (χ4v) is 1.54. The Labute approximate surface area is 113 Å². The molecule has 0 atom stereocenters. The minimum Gasteiger partial charge on any atom is -0.485 e. The van der Waals surface area contributed by atoms with E-state index in [-0.39, 0.29) is 12.4 Å². The second-order valence-corrected chi connectivity index (χ2v) is 4.01. The summed E-state index contributed by atoms with van der Waals surface area (Å²) >= 11 is 0. The van der Waals surface area contributed by atoms with E-state index in [9.17, 15) is 14.5 Å². The molecule has 0 fully saturated rings. The van der Waals surface area contributed by atoms with Crippen molar-refractivity contribution in [3.8, 4) is 5.75 Å². The van der Waals surface area contributed by atoms with Crippen LogP contribution < -0.4 is 4.74 Å². The zero-order valence-corrected chi connectivity index (χ0v) is 10.7. The molecule has 0 spiro atoms. The molecule has 2 aromatic rings. The van der Waals surface area contributed by atoms with Gasteiger partial charge in [0.05, 0.1) is 4.92 Å². The van der Waals surface area contributed by atoms with Gasteiger partial charge in [-0.05, 0) is 12.5 Å². The first-order valence-corrected chi connectivity index (χ1v) is 5.98. The van der Waals surface area contributed by atoms with Gasteiger partial charge in [0, 0.05) is 18.6 Å². The second-order valence-electron chi connectivity index (χ2n) is 4.01. The van der Waals surface area contributed by atoms with Gasteiger partial charge in [-0.2, -0.15) is 9.37 Å². The van der Waals surface area contributed by atoms with Gasteiger partial charge in [-0.15, -0.1) is 0 Å². The number of nitro groups is 1. The van der Waals surface area contributed by atoms with Crippen LogP contribution in [0, 0.1) is 15.9 Å². The topological polar surface area (TPSA) is 91.3 Å². The predicted molar refractivity (Wildman–Crippen MR) is 65.7 cm³/mol. The zero-order valence-electron chi connectivity index (χ0n) is 10.7. The van der Waals surface area contributed by atoms with E-state index in [1.165, 1.54) is 6.07 Å².